The zero-order chi connectivity index (χ0) is 11.8. The van der Waals surface area contributed by atoms with Crippen LogP contribution in [0.25, 0.3) is 0 Å². The highest BCUT2D eigenvalue weighted by Gasteiger charge is 2.00. The van der Waals surface area contributed by atoms with Crippen LogP contribution in [0.15, 0.2) is 21.8 Å². The van der Waals surface area contributed by atoms with E-state index in [0.29, 0.717) is 30.8 Å². The molecule has 0 amide bonds. The first kappa shape index (κ1) is 13.3. The fourth-order valence-electron chi connectivity index (χ4n) is 1.15. The molecular weight excluding hydrogens is 276 g/mol. The van der Waals surface area contributed by atoms with Crippen LogP contribution in [0.2, 0.25) is 0 Å². The van der Waals surface area contributed by atoms with Gasteiger partial charge in [0.15, 0.2) is 0 Å². The summed E-state index contributed by atoms with van der Waals surface area (Å²) >= 11 is 3.14. The Morgan fingerprint density at radius 2 is 2.25 bits per heavy atom. The standard InChI is InChI=1S/C10H15BrN2O3/c1-15-4-2-5-16-6-3-13-8-12-7-9(11)10(13)14/h7-8H,2-6H2,1H3. The van der Waals surface area contributed by atoms with E-state index < -0.39 is 0 Å². The van der Waals surface area contributed by atoms with Crippen molar-refractivity contribution in [1.29, 1.82) is 0 Å². The molecule has 0 aromatic carbocycles. The Morgan fingerprint density at radius 1 is 1.44 bits per heavy atom. The van der Waals surface area contributed by atoms with E-state index in [1.807, 2.05) is 0 Å². The third-order valence-electron chi connectivity index (χ3n) is 1.97. The van der Waals surface area contributed by atoms with Crippen LogP contribution in [-0.2, 0) is 16.0 Å². The minimum atomic E-state index is -0.0875. The van der Waals surface area contributed by atoms with E-state index in [1.165, 1.54) is 17.1 Å². The molecule has 0 spiro atoms. The van der Waals surface area contributed by atoms with Crippen molar-refractivity contribution in [1.82, 2.24) is 9.55 Å². The van der Waals surface area contributed by atoms with Crippen LogP contribution in [0.5, 0.6) is 0 Å². The first-order chi connectivity index (χ1) is 7.75. The zero-order valence-corrected chi connectivity index (χ0v) is 10.8. The van der Waals surface area contributed by atoms with Gasteiger partial charge in [0.1, 0.15) is 4.47 Å². The number of rotatable bonds is 7. The molecule has 0 fully saturated rings. The maximum absolute atomic E-state index is 11.5. The fourth-order valence-corrected chi connectivity index (χ4v) is 1.50. The summed E-state index contributed by atoms with van der Waals surface area (Å²) in [4.78, 5) is 15.4. The first-order valence-electron chi connectivity index (χ1n) is 5.02. The summed E-state index contributed by atoms with van der Waals surface area (Å²) in [6.45, 7) is 2.35. The van der Waals surface area contributed by atoms with Crippen molar-refractivity contribution in [3.05, 3.63) is 27.4 Å². The van der Waals surface area contributed by atoms with Crippen molar-refractivity contribution in [2.24, 2.45) is 0 Å². The van der Waals surface area contributed by atoms with Crippen LogP contribution in [0.3, 0.4) is 0 Å². The van der Waals surface area contributed by atoms with Gasteiger partial charge < -0.3 is 9.47 Å². The average molecular weight is 291 g/mol. The molecule has 5 nitrogen and oxygen atoms in total. The topological polar surface area (TPSA) is 53.4 Å². The van der Waals surface area contributed by atoms with Crippen LogP contribution >= 0.6 is 15.9 Å². The van der Waals surface area contributed by atoms with E-state index in [1.54, 1.807) is 7.11 Å². The summed E-state index contributed by atoms with van der Waals surface area (Å²) in [5.41, 5.74) is -0.0875. The summed E-state index contributed by atoms with van der Waals surface area (Å²) in [6, 6.07) is 0. The van der Waals surface area contributed by atoms with E-state index in [4.69, 9.17) is 9.47 Å². The molecule has 0 unspecified atom stereocenters. The fraction of sp³-hybridized carbons (Fsp3) is 0.600. The van der Waals surface area contributed by atoms with E-state index >= 15 is 0 Å². The quantitative estimate of drug-likeness (QED) is 0.705. The van der Waals surface area contributed by atoms with E-state index in [-0.39, 0.29) is 5.56 Å². The predicted molar refractivity (Wildman–Crippen MR) is 63.5 cm³/mol. The van der Waals surface area contributed by atoms with Crippen LogP contribution in [0, 0.1) is 0 Å². The molecule has 1 aromatic rings. The number of nitrogens with zero attached hydrogens (tertiary/aromatic N) is 2. The average Bonchev–Trinajstić information content (AvgIpc) is 2.29. The van der Waals surface area contributed by atoms with Gasteiger partial charge in [-0.2, -0.15) is 0 Å². The zero-order valence-electron chi connectivity index (χ0n) is 9.19. The maximum atomic E-state index is 11.5. The third-order valence-corrected chi connectivity index (χ3v) is 2.52. The Morgan fingerprint density at radius 3 is 3.00 bits per heavy atom. The lowest BCUT2D eigenvalue weighted by Crippen LogP contribution is -2.23. The van der Waals surface area contributed by atoms with Crippen molar-refractivity contribution >= 4 is 15.9 Å². The maximum Gasteiger partial charge on any atom is 0.267 e. The highest BCUT2D eigenvalue weighted by molar-refractivity contribution is 9.10. The Balaban J connectivity index is 2.27. The highest BCUT2D eigenvalue weighted by atomic mass is 79.9. The Hall–Kier alpha value is -0.720. The number of ether oxygens (including phenoxy) is 2. The van der Waals surface area contributed by atoms with Gasteiger partial charge in [0.2, 0.25) is 0 Å². The van der Waals surface area contributed by atoms with Crippen molar-refractivity contribution in [2.75, 3.05) is 26.9 Å². The molecule has 1 aromatic heterocycles. The molecule has 1 heterocycles. The second-order valence-corrected chi connectivity index (χ2v) is 4.05. The summed E-state index contributed by atoms with van der Waals surface area (Å²) in [5, 5.41) is 0. The first-order valence-corrected chi connectivity index (χ1v) is 5.81. The van der Waals surface area contributed by atoms with Crippen molar-refractivity contribution in [2.45, 2.75) is 13.0 Å². The monoisotopic (exact) mass is 290 g/mol. The molecule has 90 valence electrons. The second kappa shape index (κ2) is 7.54. The van der Waals surface area contributed by atoms with Crippen LogP contribution < -0.4 is 5.56 Å². The minimum absolute atomic E-state index is 0.0875. The van der Waals surface area contributed by atoms with Gasteiger partial charge in [0.05, 0.1) is 19.5 Å². The van der Waals surface area contributed by atoms with Gasteiger partial charge in [0, 0.05) is 26.5 Å². The van der Waals surface area contributed by atoms with Crippen molar-refractivity contribution in [3.8, 4) is 0 Å². The lowest BCUT2D eigenvalue weighted by Gasteiger charge is -2.06. The van der Waals surface area contributed by atoms with Gasteiger partial charge in [-0.3, -0.25) is 9.36 Å². The lowest BCUT2D eigenvalue weighted by atomic mass is 10.5. The van der Waals surface area contributed by atoms with Gasteiger partial charge in [0.25, 0.3) is 5.56 Å². The van der Waals surface area contributed by atoms with E-state index in [9.17, 15) is 4.79 Å². The summed E-state index contributed by atoms with van der Waals surface area (Å²) in [7, 11) is 1.66. The van der Waals surface area contributed by atoms with Gasteiger partial charge >= 0.3 is 0 Å². The molecule has 0 N–H and O–H groups in total. The normalized spacial score (nSPS) is 10.6. The highest BCUT2D eigenvalue weighted by Crippen LogP contribution is 1.97. The molecule has 0 atom stereocenters. The molecular formula is C10H15BrN2O3. The molecule has 0 saturated carbocycles. The van der Waals surface area contributed by atoms with Gasteiger partial charge in [-0.25, -0.2) is 4.98 Å². The van der Waals surface area contributed by atoms with Gasteiger partial charge in [-0.15, -0.1) is 0 Å². The lowest BCUT2D eigenvalue weighted by molar-refractivity contribution is 0.0970. The van der Waals surface area contributed by atoms with Gasteiger partial charge in [-0.1, -0.05) is 0 Å². The molecule has 0 aliphatic heterocycles. The number of aromatic nitrogens is 2. The molecule has 6 heteroatoms. The molecule has 0 aliphatic carbocycles. The van der Waals surface area contributed by atoms with Crippen LogP contribution in [0.4, 0.5) is 0 Å². The third kappa shape index (κ3) is 4.42. The number of methoxy groups -OCH3 is 1. The summed E-state index contributed by atoms with van der Waals surface area (Å²) in [6.07, 6.45) is 3.85. The molecule has 1 rings (SSSR count). The molecule has 16 heavy (non-hydrogen) atoms. The smallest absolute Gasteiger partial charge is 0.267 e. The van der Waals surface area contributed by atoms with E-state index in [0.717, 1.165) is 6.42 Å². The van der Waals surface area contributed by atoms with E-state index in [2.05, 4.69) is 20.9 Å². The second-order valence-electron chi connectivity index (χ2n) is 3.20. The number of hydrogen-bond donors (Lipinski definition) is 0. The summed E-state index contributed by atoms with van der Waals surface area (Å²) < 4.78 is 12.2. The molecule has 0 aliphatic rings. The number of halogens is 1. The Labute approximate surface area is 103 Å². The van der Waals surface area contributed by atoms with Crippen molar-refractivity contribution in [3.63, 3.8) is 0 Å². The van der Waals surface area contributed by atoms with Crippen LogP contribution in [-0.4, -0.2) is 36.5 Å². The van der Waals surface area contributed by atoms with Gasteiger partial charge in [-0.05, 0) is 22.4 Å². The number of hydrogen-bond acceptors (Lipinski definition) is 4. The molecule has 0 bridgehead atoms. The predicted octanol–water partition coefficient (Wildman–Crippen LogP) is 1.06. The minimum Gasteiger partial charge on any atom is -0.385 e. The summed E-state index contributed by atoms with van der Waals surface area (Å²) in [5.74, 6) is 0. The van der Waals surface area contributed by atoms with Crippen molar-refractivity contribution < 1.29 is 9.47 Å². The largest absolute Gasteiger partial charge is 0.385 e. The van der Waals surface area contributed by atoms with Crippen LogP contribution in [0.1, 0.15) is 6.42 Å². The Kier molecular flexibility index (Phi) is 6.29. The SMILES string of the molecule is COCCCOCCn1cncc(Br)c1=O. The Bertz CT molecular complexity index is 367. The molecule has 0 saturated heterocycles. The molecule has 0 radical (unpaired) electrons.